The van der Waals surface area contributed by atoms with E-state index in [0.717, 1.165) is 0 Å². The number of rotatable bonds is 2. The molecule has 0 amide bonds. The van der Waals surface area contributed by atoms with Crippen LogP contribution in [0.5, 0.6) is 0 Å². The minimum Gasteiger partial charge on any atom is -0.382 e. The maximum atomic E-state index is 13.0. The second-order valence-electron chi connectivity index (χ2n) is 10.0. The average Bonchev–Trinajstić information content (AvgIpc) is 3.64. The lowest BCUT2D eigenvalue weighted by molar-refractivity contribution is -0.0396. The molecule has 0 spiro atoms. The summed E-state index contributed by atoms with van der Waals surface area (Å²) in [7, 11) is -7.48. The molecule has 20 heteroatoms. The molecule has 1 aliphatic carbocycles. The fourth-order valence-electron chi connectivity index (χ4n) is 5.61. The zero-order valence-electron chi connectivity index (χ0n) is 21.3. The molecule has 6 heterocycles. The third-order valence-corrected chi connectivity index (χ3v) is 9.56. The fraction of sp³-hybridized carbons (Fsp3) is 0.524. The molecule has 2 aliphatic heterocycles. The summed E-state index contributed by atoms with van der Waals surface area (Å²) >= 11 is 0. The summed E-state index contributed by atoms with van der Waals surface area (Å²) in [6.07, 6.45) is 3.93. The van der Waals surface area contributed by atoms with Gasteiger partial charge in [0.25, 0.3) is 0 Å². The molecule has 3 fully saturated rings. The lowest BCUT2D eigenvalue weighted by Gasteiger charge is -2.44. The van der Waals surface area contributed by atoms with Crippen LogP contribution in [0, 0.1) is 11.8 Å². The number of imidazole rings is 2. The first-order valence-electron chi connectivity index (χ1n) is 12.7. The van der Waals surface area contributed by atoms with Gasteiger partial charge >= 0.3 is 16.1 Å². The van der Waals surface area contributed by atoms with E-state index in [1.54, 1.807) is 10.9 Å². The molecule has 218 valence electrons. The van der Waals surface area contributed by atoms with Gasteiger partial charge in [0.1, 0.15) is 42.1 Å². The Balaban J connectivity index is 1.10. The topological polar surface area (TPSA) is 240 Å². The van der Waals surface area contributed by atoms with Crippen LogP contribution < -0.4 is 11.5 Å². The molecule has 5 N–H and O–H groups in total. The Bertz CT molecular complexity index is 1680. The molecule has 0 bridgehead atoms. The Hall–Kier alpha value is -3.08. The molecule has 3 aliphatic rings. The van der Waals surface area contributed by atoms with Gasteiger partial charge in [-0.2, -0.15) is 0 Å². The van der Waals surface area contributed by atoms with E-state index in [0.29, 0.717) is 28.7 Å². The average molecular weight is 608 g/mol. The van der Waals surface area contributed by atoms with Crippen molar-refractivity contribution >= 4 is 50.0 Å². The number of hydrogen-bond acceptors (Lipinski definition) is 15. The minimum absolute atomic E-state index is 0.0487. The van der Waals surface area contributed by atoms with Gasteiger partial charge in [-0.25, -0.2) is 34.5 Å². The van der Waals surface area contributed by atoms with E-state index in [2.05, 4.69) is 29.9 Å². The van der Waals surface area contributed by atoms with E-state index in [-0.39, 0.29) is 55.8 Å². The Morgan fingerprint density at radius 2 is 1.54 bits per heavy atom. The molecule has 0 aromatic carbocycles. The number of phosphoric acid groups is 1. The molecule has 4 aromatic rings. The van der Waals surface area contributed by atoms with Crippen molar-refractivity contribution in [2.24, 2.45) is 11.8 Å². The Labute approximate surface area is 231 Å². The molecule has 2 saturated heterocycles. The maximum absolute atomic E-state index is 13.0. The highest BCUT2D eigenvalue weighted by Gasteiger charge is 2.47. The number of hydrogen-bond donors (Lipinski definition) is 3. The van der Waals surface area contributed by atoms with Gasteiger partial charge in [-0.1, -0.05) is 0 Å². The first-order valence-corrected chi connectivity index (χ1v) is 15.5. The summed E-state index contributed by atoms with van der Waals surface area (Å²) in [5, 5.41) is 0. The minimum atomic E-state index is -4.53. The van der Waals surface area contributed by atoms with Crippen molar-refractivity contribution in [2.45, 2.75) is 37.3 Å². The third kappa shape index (κ3) is 4.89. The van der Waals surface area contributed by atoms with Crippen LogP contribution in [0.15, 0.2) is 25.3 Å². The van der Waals surface area contributed by atoms with Gasteiger partial charge in [0.05, 0.1) is 32.5 Å². The van der Waals surface area contributed by atoms with Crippen LogP contribution in [0.3, 0.4) is 0 Å². The third-order valence-electron chi connectivity index (χ3n) is 7.75. The predicted octanol–water partition coefficient (Wildman–Crippen LogP) is 1.23. The van der Waals surface area contributed by atoms with Gasteiger partial charge in [0.2, 0.25) is 0 Å². The number of phosphoric ester groups is 1. The van der Waals surface area contributed by atoms with Crippen LogP contribution in [-0.2, 0) is 32.0 Å². The van der Waals surface area contributed by atoms with Crippen LogP contribution in [0.1, 0.15) is 25.1 Å². The van der Waals surface area contributed by atoms with Crippen LogP contribution >= 0.6 is 16.1 Å². The molecule has 4 aromatic heterocycles. The Kier molecular flexibility index (Phi) is 6.75. The van der Waals surface area contributed by atoms with Crippen LogP contribution in [0.4, 0.5) is 11.6 Å². The highest BCUT2D eigenvalue weighted by Crippen LogP contribution is 2.53. The van der Waals surface area contributed by atoms with Crippen molar-refractivity contribution in [3.05, 3.63) is 25.3 Å². The van der Waals surface area contributed by atoms with Gasteiger partial charge in [-0.05, 0) is 12.3 Å². The fourth-order valence-corrected chi connectivity index (χ4v) is 7.33. The summed E-state index contributed by atoms with van der Waals surface area (Å²) in [6.45, 7) is -0.260. The lowest BCUT2D eigenvalue weighted by atomic mass is 9.70. The van der Waals surface area contributed by atoms with Crippen LogP contribution in [-0.4, -0.2) is 76.0 Å². The van der Waals surface area contributed by atoms with Crippen molar-refractivity contribution in [3.8, 4) is 0 Å². The molecule has 1 saturated carbocycles. The number of anilines is 2. The molecular formula is C21H26N10O8P2. The number of ether oxygens (including phenoxy) is 1. The number of nitrogens with zero attached hydrogens (tertiary/aromatic N) is 8. The highest BCUT2D eigenvalue weighted by atomic mass is 31.2. The molecule has 7 rings (SSSR count). The van der Waals surface area contributed by atoms with Crippen molar-refractivity contribution in [3.63, 3.8) is 0 Å². The SMILES string of the molecule is Nc1ncnc2c1ncn2[C@@H]1C[C@@H]2COP(=O)(O)O[C@H]3C[C@H](n4cnc5c(N)ncnc54)O[C@@H]3CO[PH](=O)OC[C@H]21. The van der Waals surface area contributed by atoms with Crippen LogP contribution in [0.2, 0.25) is 0 Å². The first kappa shape index (κ1) is 26.8. The molecular weight excluding hydrogens is 582 g/mol. The quantitative estimate of drug-likeness (QED) is 0.271. The van der Waals surface area contributed by atoms with E-state index in [1.165, 1.54) is 19.0 Å². The van der Waals surface area contributed by atoms with Gasteiger partial charge in [0, 0.05) is 18.4 Å². The normalized spacial score (nSPS) is 34.7. The van der Waals surface area contributed by atoms with E-state index >= 15 is 0 Å². The van der Waals surface area contributed by atoms with Gasteiger partial charge in [0.15, 0.2) is 22.9 Å². The van der Waals surface area contributed by atoms with Crippen molar-refractivity contribution < 1.29 is 36.9 Å². The van der Waals surface area contributed by atoms with E-state index in [9.17, 15) is 14.0 Å². The van der Waals surface area contributed by atoms with Crippen molar-refractivity contribution in [2.75, 3.05) is 31.3 Å². The van der Waals surface area contributed by atoms with E-state index < -0.39 is 34.5 Å². The maximum Gasteiger partial charge on any atom is 0.472 e. The van der Waals surface area contributed by atoms with Gasteiger partial charge in [-0.15, -0.1) is 0 Å². The largest absolute Gasteiger partial charge is 0.472 e. The summed E-state index contributed by atoms with van der Waals surface area (Å²) in [4.78, 5) is 35.6. The number of nitrogen functional groups attached to an aromatic ring is 2. The van der Waals surface area contributed by atoms with Crippen molar-refractivity contribution in [1.82, 2.24) is 39.0 Å². The monoisotopic (exact) mass is 608 g/mol. The Morgan fingerprint density at radius 1 is 0.878 bits per heavy atom. The summed E-state index contributed by atoms with van der Waals surface area (Å²) in [5.41, 5.74) is 13.6. The Morgan fingerprint density at radius 3 is 2.27 bits per heavy atom. The number of fused-ring (bicyclic) bond motifs is 4. The molecule has 2 unspecified atom stereocenters. The number of nitrogens with two attached hydrogens (primary N) is 2. The van der Waals surface area contributed by atoms with Gasteiger partial charge in [-0.3, -0.25) is 18.2 Å². The first-order chi connectivity index (χ1) is 19.8. The van der Waals surface area contributed by atoms with Crippen LogP contribution in [0.25, 0.3) is 22.3 Å². The summed E-state index contributed by atoms with van der Waals surface area (Å²) in [6, 6.07) is -0.159. The highest BCUT2D eigenvalue weighted by molar-refractivity contribution is 7.47. The lowest BCUT2D eigenvalue weighted by Crippen LogP contribution is -2.43. The predicted molar refractivity (Wildman–Crippen MR) is 140 cm³/mol. The molecule has 0 radical (unpaired) electrons. The smallest absolute Gasteiger partial charge is 0.382 e. The summed E-state index contributed by atoms with van der Waals surface area (Å²) in [5.74, 6) is 0.00530. The van der Waals surface area contributed by atoms with E-state index in [4.69, 9.17) is 34.3 Å². The number of aromatic nitrogens is 8. The molecule has 8 atom stereocenters. The van der Waals surface area contributed by atoms with Gasteiger partial charge < -0.3 is 34.7 Å². The molecule has 41 heavy (non-hydrogen) atoms. The summed E-state index contributed by atoms with van der Waals surface area (Å²) < 4.78 is 57.5. The zero-order valence-corrected chi connectivity index (χ0v) is 23.2. The zero-order chi connectivity index (χ0) is 28.3. The second kappa shape index (κ2) is 10.3. The second-order valence-corrected chi connectivity index (χ2v) is 12.5. The van der Waals surface area contributed by atoms with Crippen molar-refractivity contribution in [1.29, 1.82) is 0 Å². The standard InChI is InChI=1S/C21H26N10O8P2/c22-18-16-20(26-6-24-18)30(8-28-16)12-1-10-3-37-41(33,34)39-13-2-15(31-9-29-17-19(23)25-7-27-21(17)31)38-14(13)5-36-40(32)35-4-11(10)12/h6-15,40H,1-5H2,(H,33,34)(H2,22,24,26)(H2,23,25,27)/t10-,11-,12-,13+,14-,15-/m1/s1. The molecule has 18 nitrogen and oxygen atoms in total. The van der Waals surface area contributed by atoms with E-state index in [1.807, 2.05) is 4.57 Å².